The number of allylic oxidation sites excluding steroid dienone is 2. The molecule has 1 unspecified atom stereocenters. The number of hydrogen-bond donors (Lipinski definition) is 0. The van der Waals surface area contributed by atoms with Crippen LogP contribution in [0.3, 0.4) is 0 Å². The fourth-order valence-corrected chi connectivity index (χ4v) is 7.49. The van der Waals surface area contributed by atoms with Crippen molar-refractivity contribution in [1.82, 2.24) is 0 Å². The number of hydrogen-bond acceptors (Lipinski definition) is 6. The van der Waals surface area contributed by atoms with Gasteiger partial charge in [0, 0.05) is 15.0 Å². The highest BCUT2D eigenvalue weighted by Gasteiger charge is 2.22. The summed E-state index contributed by atoms with van der Waals surface area (Å²) in [6.07, 6.45) is 7.82. The van der Waals surface area contributed by atoms with Crippen molar-refractivity contribution in [2.75, 3.05) is 6.26 Å². The largest absolute Gasteiger partial charge is 0.219 e. The van der Waals surface area contributed by atoms with Crippen molar-refractivity contribution in [2.24, 2.45) is 0 Å². The summed E-state index contributed by atoms with van der Waals surface area (Å²) in [5.41, 5.74) is 1.01. The highest BCUT2D eigenvalue weighted by atomic mass is 32.2. The molecule has 0 aromatic heterocycles. The van der Waals surface area contributed by atoms with Gasteiger partial charge in [-0.25, -0.2) is 16.8 Å². The second kappa shape index (κ2) is 10.2. The van der Waals surface area contributed by atoms with E-state index >= 15 is 0 Å². The zero-order valence-electron chi connectivity index (χ0n) is 18.7. The molecule has 34 heavy (non-hydrogen) atoms. The molecule has 0 radical (unpaired) electrons. The van der Waals surface area contributed by atoms with Crippen molar-refractivity contribution in [3.05, 3.63) is 101 Å². The van der Waals surface area contributed by atoms with E-state index in [-0.39, 0.29) is 15.0 Å². The lowest BCUT2D eigenvalue weighted by Gasteiger charge is -2.16. The lowest BCUT2D eigenvalue weighted by atomic mass is 10.2. The van der Waals surface area contributed by atoms with Crippen molar-refractivity contribution in [3.8, 4) is 0 Å². The van der Waals surface area contributed by atoms with Crippen LogP contribution in [0.1, 0.15) is 12.0 Å². The average molecular weight is 529 g/mol. The van der Waals surface area contributed by atoms with Crippen LogP contribution in [0.2, 0.25) is 0 Å². The molecule has 176 valence electrons. The molecular weight excluding hydrogens is 505 g/mol. The van der Waals surface area contributed by atoms with Gasteiger partial charge in [0.2, 0.25) is 19.7 Å². The SMILES string of the molecule is CSc1ccc(S(=O)(=O)c2ccc(SC3C=CC(S(=O)(=O)c4ccc(C)cc4)=CC3)cc2)cc1. The topological polar surface area (TPSA) is 68.3 Å². The lowest BCUT2D eigenvalue weighted by Crippen LogP contribution is -2.09. The number of sulfone groups is 2. The van der Waals surface area contributed by atoms with E-state index < -0.39 is 19.7 Å². The molecule has 0 heterocycles. The van der Waals surface area contributed by atoms with Gasteiger partial charge < -0.3 is 0 Å². The Balaban J connectivity index is 1.43. The summed E-state index contributed by atoms with van der Waals surface area (Å²) in [4.78, 5) is 3.05. The minimum absolute atomic E-state index is 0.0681. The van der Waals surface area contributed by atoms with Gasteiger partial charge in [-0.15, -0.1) is 23.5 Å². The van der Waals surface area contributed by atoms with Gasteiger partial charge in [-0.05, 0) is 86.3 Å². The van der Waals surface area contributed by atoms with Gasteiger partial charge >= 0.3 is 0 Å². The highest BCUT2D eigenvalue weighted by Crippen LogP contribution is 2.33. The molecule has 0 amide bonds. The van der Waals surface area contributed by atoms with Crippen LogP contribution in [0, 0.1) is 6.92 Å². The van der Waals surface area contributed by atoms with E-state index in [1.807, 2.05) is 19.3 Å². The monoisotopic (exact) mass is 528 g/mol. The second-order valence-electron chi connectivity index (χ2n) is 7.82. The summed E-state index contributed by atoms with van der Waals surface area (Å²) >= 11 is 3.13. The zero-order valence-corrected chi connectivity index (χ0v) is 22.0. The molecule has 0 fully saturated rings. The van der Waals surface area contributed by atoms with E-state index in [9.17, 15) is 16.8 Å². The molecule has 3 aromatic rings. The zero-order chi connectivity index (χ0) is 24.3. The lowest BCUT2D eigenvalue weighted by molar-refractivity contribution is 0.595. The second-order valence-corrected chi connectivity index (χ2v) is 13.9. The predicted molar refractivity (Wildman–Crippen MR) is 140 cm³/mol. The van der Waals surface area contributed by atoms with E-state index in [4.69, 9.17) is 0 Å². The first-order valence-corrected chi connectivity index (χ1v) is 15.6. The summed E-state index contributed by atoms with van der Waals surface area (Å²) in [7, 11) is -7.11. The van der Waals surface area contributed by atoms with Crippen molar-refractivity contribution >= 4 is 43.2 Å². The van der Waals surface area contributed by atoms with Gasteiger partial charge in [-0.2, -0.15) is 0 Å². The first kappa shape index (κ1) is 24.9. The van der Waals surface area contributed by atoms with E-state index in [0.29, 0.717) is 16.2 Å². The molecule has 0 saturated heterocycles. The Morgan fingerprint density at radius 3 is 1.71 bits per heavy atom. The smallest absolute Gasteiger partial charge is 0.206 e. The van der Waals surface area contributed by atoms with E-state index in [0.717, 1.165) is 15.4 Å². The predicted octanol–water partition coefficient (Wildman–Crippen LogP) is 6.33. The van der Waals surface area contributed by atoms with Crippen LogP contribution in [0.4, 0.5) is 0 Å². The molecular formula is C26H24O4S4. The van der Waals surface area contributed by atoms with Gasteiger partial charge in [0.25, 0.3) is 0 Å². The Hall–Kier alpha value is -2.26. The molecule has 0 N–H and O–H groups in total. The summed E-state index contributed by atoms with van der Waals surface area (Å²) in [5.74, 6) is 0. The van der Waals surface area contributed by atoms with Gasteiger partial charge in [0.15, 0.2) is 0 Å². The van der Waals surface area contributed by atoms with Crippen molar-refractivity contribution in [1.29, 1.82) is 0 Å². The Kier molecular flexibility index (Phi) is 7.42. The molecule has 3 aromatic carbocycles. The summed E-state index contributed by atoms with van der Waals surface area (Å²) in [6, 6.07) is 20.6. The van der Waals surface area contributed by atoms with Crippen molar-refractivity contribution in [3.63, 3.8) is 0 Å². The Bertz CT molecular complexity index is 1430. The Morgan fingerprint density at radius 1 is 0.706 bits per heavy atom. The summed E-state index contributed by atoms with van der Waals surface area (Å²) < 4.78 is 51.5. The molecule has 4 nitrogen and oxygen atoms in total. The van der Waals surface area contributed by atoms with Crippen molar-refractivity contribution < 1.29 is 16.8 Å². The van der Waals surface area contributed by atoms with E-state index in [1.165, 1.54) is 0 Å². The molecule has 4 rings (SSSR count). The fraction of sp³-hybridized carbons (Fsp3) is 0.154. The summed E-state index contributed by atoms with van der Waals surface area (Å²) in [5, 5.41) is 0.0681. The quantitative estimate of drug-likeness (QED) is 0.334. The van der Waals surface area contributed by atoms with Gasteiger partial charge in [-0.3, -0.25) is 0 Å². The maximum atomic E-state index is 12.9. The highest BCUT2D eigenvalue weighted by molar-refractivity contribution is 8.00. The van der Waals surface area contributed by atoms with Crippen LogP contribution in [0.15, 0.2) is 120 Å². The van der Waals surface area contributed by atoms with Crippen molar-refractivity contribution in [2.45, 2.75) is 43.1 Å². The van der Waals surface area contributed by atoms with Gasteiger partial charge in [-0.1, -0.05) is 29.8 Å². The van der Waals surface area contributed by atoms with E-state index in [2.05, 4.69) is 0 Å². The van der Waals surface area contributed by atoms with Crippen LogP contribution in [0.25, 0.3) is 0 Å². The van der Waals surface area contributed by atoms with Crippen LogP contribution in [0.5, 0.6) is 0 Å². The first-order valence-electron chi connectivity index (χ1n) is 10.6. The Labute approximate surface area is 210 Å². The third-order valence-corrected chi connectivity index (χ3v) is 11.0. The Morgan fingerprint density at radius 2 is 1.21 bits per heavy atom. The van der Waals surface area contributed by atoms with Gasteiger partial charge in [0.1, 0.15) is 0 Å². The first-order chi connectivity index (χ1) is 16.2. The minimum Gasteiger partial charge on any atom is -0.219 e. The number of thioether (sulfide) groups is 2. The molecule has 1 atom stereocenters. The average Bonchev–Trinajstić information content (AvgIpc) is 2.85. The van der Waals surface area contributed by atoms with Crippen LogP contribution >= 0.6 is 23.5 Å². The minimum atomic E-state index is -3.58. The molecule has 0 aliphatic heterocycles. The maximum Gasteiger partial charge on any atom is 0.206 e. The molecule has 0 spiro atoms. The molecule has 8 heteroatoms. The third-order valence-electron chi connectivity index (χ3n) is 5.46. The normalized spacial score (nSPS) is 16.3. The number of benzene rings is 3. The molecule has 1 aliphatic carbocycles. The number of rotatable bonds is 7. The molecule has 1 aliphatic rings. The van der Waals surface area contributed by atoms with Crippen LogP contribution in [-0.2, 0) is 19.7 Å². The maximum absolute atomic E-state index is 12.9. The third kappa shape index (κ3) is 5.35. The molecule has 0 bridgehead atoms. The molecule has 0 saturated carbocycles. The van der Waals surface area contributed by atoms with Crippen LogP contribution < -0.4 is 0 Å². The van der Waals surface area contributed by atoms with Gasteiger partial charge in [0.05, 0.1) is 19.6 Å². The number of aryl methyl sites for hydroxylation is 1. The van der Waals surface area contributed by atoms with E-state index in [1.54, 1.807) is 108 Å². The van der Waals surface area contributed by atoms with Crippen LogP contribution in [-0.4, -0.2) is 28.3 Å². The standard InChI is InChI=1S/C26H24O4S4/c1-19-3-11-23(12-4-19)33(27,28)25-15-7-21(8-16-25)32-22-9-17-26(18-10-22)34(29,30)24-13-5-20(31-2)6-14-24/h3-7,9-18,21H,8H2,1-2H3. The fourth-order valence-electron chi connectivity index (χ4n) is 3.48. The summed E-state index contributed by atoms with van der Waals surface area (Å²) in [6.45, 7) is 1.92.